The second-order valence-corrected chi connectivity index (χ2v) is 3.46. The Hall–Kier alpha value is -2.13. The molecule has 0 radical (unpaired) electrons. The van der Waals surface area contributed by atoms with Crippen LogP contribution in [0.1, 0.15) is 12.8 Å². The summed E-state index contributed by atoms with van der Waals surface area (Å²) in [5.74, 6) is -0.275. The van der Waals surface area contributed by atoms with Crippen LogP contribution in [-0.2, 0) is 0 Å². The summed E-state index contributed by atoms with van der Waals surface area (Å²) in [5.41, 5.74) is -0.494. The number of nitrogens with zero attached hydrogens (tertiary/aromatic N) is 3. The van der Waals surface area contributed by atoms with E-state index in [9.17, 15) is 23.3 Å². The van der Waals surface area contributed by atoms with Gasteiger partial charge in [-0.3, -0.25) is 10.1 Å². The molecule has 7 nitrogen and oxygen atoms in total. The van der Waals surface area contributed by atoms with Crippen molar-refractivity contribution in [3.63, 3.8) is 0 Å². The van der Waals surface area contributed by atoms with Crippen LogP contribution in [0.5, 0.6) is 5.88 Å². The Kier molecular flexibility index (Phi) is 4.84. The lowest BCUT2D eigenvalue weighted by atomic mass is 10.3. The highest BCUT2D eigenvalue weighted by Crippen LogP contribution is 2.25. The minimum absolute atomic E-state index is 0.0800. The van der Waals surface area contributed by atoms with Gasteiger partial charge in [0, 0.05) is 13.5 Å². The van der Waals surface area contributed by atoms with Gasteiger partial charge in [0.1, 0.15) is 6.20 Å². The Morgan fingerprint density at radius 3 is 2.74 bits per heavy atom. The molecule has 0 aromatic carbocycles. The third-order valence-corrected chi connectivity index (χ3v) is 2.00. The van der Waals surface area contributed by atoms with Crippen molar-refractivity contribution in [3.8, 4) is 5.88 Å². The third-order valence-electron chi connectivity index (χ3n) is 2.00. The normalized spacial score (nSPS) is 11.2. The molecule has 1 heterocycles. The molecule has 0 unspecified atom stereocenters. The number of hydrogen-bond acceptors (Lipinski definition) is 6. The summed E-state index contributed by atoms with van der Waals surface area (Å²) in [4.78, 5) is 17.2. The minimum Gasteiger partial charge on any atom is -0.473 e. The summed E-state index contributed by atoms with van der Waals surface area (Å²) in [6.45, 7) is -0.319. The maximum absolute atomic E-state index is 11.9. The van der Waals surface area contributed by atoms with Crippen LogP contribution >= 0.6 is 0 Å². The van der Waals surface area contributed by atoms with E-state index < -0.39 is 23.2 Å². The average Bonchev–Trinajstić information content (AvgIpc) is 2.33. The zero-order valence-corrected chi connectivity index (χ0v) is 9.90. The Balaban J connectivity index is 2.67. The van der Waals surface area contributed by atoms with E-state index in [1.807, 2.05) is 0 Å². The van der Waals surface area contributed by atoms with Crippen molar-refractivity contribution < 1.29 is 22.8 Å². The molecule has 0 fully saturated rings. The van der Waals surface area contributed by atoms with Gasteiger partial charge >= 0.3 is 11.9 Å². The number of anilines is 1. The number of rotatable bonds is 6. The fourth-order valence-corrected chi connectivity index (χ4v) is 1.15. The summed E-state index contributed by atoms with van der Waals surface area (Å²) in [6.07, 6.45) is -4.68. The van der Waals surface area contributed by atoms with Gasteiger partial charge < -0.3 is 10.1 Å². The zero-order valence-electron chi connectivity index (χ0n) is 9.90. The lowest BCUT2D eigenvalue weighted by Crippen LogP contribution is -2.11. The molecule has 0 aliphatic rings. The molecule has 1 aromatic rings. The Morgan fingerprint density at radius 2 is 2.21 bits per heavy atom. The first-order valence-electron chi connectivity index (χ1n) is 5.22. The highest BCUT2D eigenvalue weighted by molar-refractivity contribution is 5.42. The van der Waals surface area contributed by atoms with Gasteiger partial charge in [-0.25, -0.2) is 4.98 Å². The number of halogens is 3. The molecule has 19 heavy (non-hydrogen) atoms. The second-order valence-electron chi connectivity index (χ2n) is 3.46. The SMILES string of the molecule is CNc1ncc([N+](=O)[O-])c(OCCCC(F)(F)F)n1. The van der Waals surface area contributed by atoms with Crippen LogP contribution in [0.25, 0.3) is 0 Å². The first-order valence-corrected chi connectivity index (χ1v) is 5.22. The van der Waals surface area contributed by atoms with Gasteiger partial charge in [-0.15, -0.1) is 0 Å². The fourth-order valence-electron chi connectivity index (χ4n) is 1.15. The molecule has 0 spiro atoms. The largest absolute Gasteiger partial charge is 0.473 e. The molecule has 1 rings (SSSR count). The quantitative estimate of drug-likeness (QED) is 0.488. The molecule has 0 saturated carbocycles. The van der Waals surface area contributed by atoms with Crippen LogP contribution in [0.4, 0.5) is 24.8 Å². The molecule has 1 aromatic heterocycles. The third kappa shape index (κ3) is 4.94. The molecule has 0 amide bonds. The molecular weight excluding hydrogens is 269 g/mol. The summed E-state index contributed by atoms with van der Waals surface area (Å²) < 4.78 is 40.6. The van der Waals surface area contributed by atoms with Crippen molar-refractivity contribution in [2.45, 2.75) is 19.0 Å². The highest BCUT2D eigenvalue weighted by atomic mass is 19.4. The number of nitro groups is 1. The van der Waals surface area contributed by atoms with E-state index in [4.69, 9.17) is 4.74 Å². The van der Waals surface area contributed by atoms with E-state index in [1.165, 1.54) is 7.05 Å². The van der Waals surface area contributed by atoms with Crippen LogP contribution in [-0.4, -0.2) is 34.7 Å². The number of ether oxygens (including phenoxy) is 1. The number of alkyl halides is 3. The number of nitrogens with one attached hydrogen (secondary N) is 1. The van der Waals surface area contributed by atoms with Crippen LogP contribution in [0.15, 0.2) is 6.20 Å². The molecular formula is C9H11F3N4O3. The summed E-state index contributed by atoms with van der Waals surface area (Å²) in [7, 11) is 1.49. The predicted octanol–water partition coefficient (Wildman–Crippen LogP) is 2.15. The van der Waals surface area contributed by atoms with Crippen molar-refractivity contribution in [2.75, 3.05) is 19.0 Å². The Labute approximate surface area is 106 Å². The number of hydrogen-bond donors (Lipinski definition) is 1. The van der Waals surface area contributed by atoms with Crippen LogP contribution in [0.3, 0.4) is 0 Å². The smallest absolute Gasteiger partial charge is 0.389 e. The van der Waals surface area contributed by atoms with Crippen LogP contribution in [0.2, 0.25) is 0 Å². The van der Waals surface area contributed by atoms with Crippen LogP contribution < -0.4 is 10.1 Å². The van der Waals surface area contributed by atoms with Crippen molar-refractivity contribution in [3.05, 3.63) is 16.3 Å². The molecule has 0 atom stereocenters. The van der Waals surface area contributed by atoms with Gasteiger partial charge in [0.2, 0.25) is 5.95 Å². The molecule has 106 valence electrons. The predicted molar refractivity (Wildman–Crippen MR) is 59.0 cm³/mol. The molecule has 0 bridgehead atoms. The van der Waals surface area contributed by atoms with Gasteiger partial charge in [-0.2, -0.15) is 18.2 Å². The van der Waals surface area contributed by atoms with Crippen molar-refractivity contribution in [1.82, 2.24) is 9.97 Å². The molecule has 0 aliphatic carbocycles. The minimum atomic E-state index is -4.28. The summed E-state index contributed by atoms with van der Waals surface area (Å²) in [6, 6.07) is 0. The van der Waals surface area contributed by atoms with E-state index in [2.05, 4.69) is 15.3 Å². The Bertz CT molecular complexity index is 453. The van der Waals surface area contributed by atoms with E-state index in [0.717, 1.165) is 6.20 Å². The fraction of sp³-hybridized carbons (Fsp3) is 0.556. The average molecular weight is 280 g/mol. The highest BCUT2D eigenvalue weighted by Gasteiger charge is 2.26. The lowest BCUT2D eigenvalue weighted by molar-refractivity contribution is -0.386. The van der Waals surface area contributed by atoms with E-state index >= 15 is 0 Å². The summed E-state index contributed by atoms with van der Waals surface area (Å²) in [5, 5.41) is 13.2. The Morgan fingerprint density at radius 1 is 1.53 bits per heavy atom. The zero-order chi connectivity index (χ0) is 14.5. The van der Waals surface area contributed by atoms with Gasteiger partial charge in [0.15, 0.2) is 0 Å². The second kappa shape index (κ2) is 6.16. The van der Waals surface area contributed by atoms with Gasteiger partial charge in [0.25, 0.3) is 5.88 Å². The first kappa shape index (κ1) is 14.9. The van der Waals surface area contributed by atoms with E-state index in [0.29, 0.717) is 0 Å². The molecule has 1 N–H and O–H groups in total. The molecule has 10 heteroatoms. The van der Waals surface area contributed by atoms with Crippen molar-refractivity contribution in [2.24, 2.45) is 0 Å². The lowest BCUT2D eigenvalue weighted by Gasteiger charge is -2.08. The number of aromatic nitrogens is 2. The topological polar surface area (TPSA) is 90.2 Å². The maximum Gasteiger partial charge on any atom is 0.389 e. The molecule has 0 saturated heterocycles. The van der Waals surface area contributed by atoms with Gasteiger partial charge in [-0.05, 0) is 6.42 Å². The van der Waals surface area contributed by atoms with E-state index in [-0.39, 0.29) is 24.9 Å². The van der Waals surface area contributed by atoms with Crippen LogP contribution in [0, 0.1) is 10.1 Å². The van der Waals surface area contributed by atoms with E-state index in [1.54, 1.807) is 0 Å². The van der Waals surface area contributed by atoms with Crippen molar-refractivity contribution in [1.29, 1.82) is 0 Å². The maximum atomic E-state index is 11.9. The molecule has 0 aliphatic heterocycles. The first-order chi connectivity index (χ1) is 8.83. The standard InChI is InChI=1S/C9H11F3N4O3/c1-13-8-14-5-6(16(17)18)7(15-8)19-4-2-3-9(10,11)12/h5H,2-4H2,1H3,(H,13,14,15). The monoisotopic (exact) mass is 280 g/mol. The van der Waals surface area contributed by atoms with Gasteiger partial charge in [0.05, 0.1) is 11.5 Å². The van der Waals surface area contributed by atoms with Crippen molar-refractivity contribution >= 4 is 11.6 Å². The van der Waals surface area contributed by atoms with Gasteiger partial charge in [-0.1, -0.05) is 0 Å². The summed E-state index contributed by atoms with van der Waals surface area (Å²) >= 11 is 0.